The van der Waals surface area contributed by atoms with Gasteiger partial charge in [-0.2, -0.15) is 4.31 Å². The molecule has 0 atom stereocenters. The lowest BCUT2D eigenvalue weighted by atomic mass is 9.93. The number of hydrogen-bond acceptors (Lipinski definition) is 4. The van der Waals surface area contributed by atoms with Crippen molar-refractivity contribution >= 4 is 21.6 Å². The van der Waals surface area contributed by atoms with Gasteiger partial charge in [-0.25, -0.2) is 8.42 Å². The maximum atomic E-state index is 12.0. The molecule has 3 rings (SSSR count). The summed E-state index contributed by atoms with van der Waals surface area (Å²) >= 11 is 0. The van der Waals surface area contributed by atoms with Gasteiger partial charge in [-0.15, -0.1) is 0 Å². The third kappa shape index (κ3) is 4.49. The minimum absolute atomic E-state index is 0.000850. The Hall–Kier alpha value is -2.48. The van der Waals surface area contributed by atoms with Crippen LogP contribution in [0.15, 0.2) is 48.5 Å². The third-order valence-corrected chi connectivity index (χ3v) is 6.62. The number of carboxylic acid groups (broad SMARTS) is 1. The molecule has 0 aliphatic carbocycles. The highest BCUT2D eigenvalue weighted by atomic mass is 32.2. The molecule has 0 spiro atoms. The fourth-order valence-corrected chi connectivity index (χ4v) is 4.60. The number of aliphatic carboxylic acids is 1. The molecular weight excluding hydrogens is 378 g/mol. The first-order valence-electron chi connectivity index (χ1n) is 9.00. The maximum Gasteiger partial charge on any atom is 0.320 e. The molecule has 1 heterocycles. The van der Waals surface area contributed by atoms with Crippen LogP contribution in [0.2, 0.25) is 0 Å². The molecule has 6 nitrogen and oxygen atoms in total. The molecule has 0 amide bonds. The second-order valence-corrected chi connectivity index (χ2v) is 8.84. The Labute approximate surface area is 164 Å². The molecule has 1 aliphatic heterocycles. The molecule has 1 aliphatic rings. The Morgan fingerprint density at radius 1 is 1.14 bits per heavy atom. The summed E-state index contributed by atoms with van der Waals surface area (Å²) in [5, 5.41) is 18.1. The monoisotopic (exact) mass is 401 g/mol. The number of benzene rings is 2. The first-order chi connectivity index (χ1) is 13.3. The van der Waals surface area contributed by atoms with Gasteiger partial charge in [0.25, 0.3) is 0 Å². The summed E-state index contributed by atoms with van der Waals surface area (Å²) in [6, 6.07) is 13.9. The topological polar surface area (TPSA) is 94.9 Å². The van der Waals surface area contributed by atoms with Gasteiger partial charge in [-0.3, -0.25) is 4.79 Å². The number of carboxylic acids is 1. The van der Waals surface area contributed by atoms with Crippen molar-refractivity contribution in [1.82, 2.24) is 4.31 Å². The number of hydrogen-bond donors (Lipinski definition) is 2. The third-order valence-electron chi connectivity index (χ3n) is 4.89. The van der Waals surface area contributed by atoms with E-state index >= 15 is 0 Å². The minimum Gasteiger partial charge on any atom is -0.480 e. The highest BCUT2D eigenvalue weighted by Gasteiger charge is 2.26. The van der Waals surface area contributed by atoms with Crippen LogP contribution in [0.4, 0.5) is 0 Å². The highest BCUT2D eigenvalue weighted by molar-refractivity contribution is 7.89. The maximum absolute atomic E-state index is 12.0. The van der Waals surface area contributed by atoms with Crippen LogP contribution < -0.4 is 0 Å². The van der Waals surface area contributed by atoms with Crippen LogP contribution in [-0.2, 0) is 21.4 Å². The standard InChI is InChI=1S/C21H23NO5S/c1-15-11-18(5-6-20(15)19-4-2-3-16(12-19)13-23)17-7-9-22(10-8-17)28(26,27)14-21(24)25/h2-7,11-12,23H,8-10,13-14H2,1H3,(H,24,25). The molecule has 0 unspecified atom stereocenters. The average molecular weight is 401 g/mol. The predicted octanol–water partition coefficient (Wildman–Crippen LogP) is 2.66. The number of aliphatic hydroxyl groups excluding tert-OH is 1. The van der Waals surface area contributed by atoms with Crippen LogP contribution in [0.1, 0.15) is 23.1 Å². The Morgan fingerprint density at radius 3 is 2.54 bits per heavy atom. The van der Waals surface area contributed by atoms with Gasteiger partial charge in [-0.1, -0.05) is 42.5 Å². The molecule has 2 aromatic rings. The van der Waals surface area contributed by atoms with Crippen LogP contribution in [0.5, 0.6) is 0 Å². The fourth-order valence-electron chi connectivity index (χ4n) is 3.44. The SMILES string of the molecule is Cc1cc(C2=CCN(S(=O)(=O)CC(=O)O)CC2)ccc1-c1cccc(CO)c1. The van der Waals surface area contributed by atoms with Crippen molar-refractivity contribution in [3.8, 4) is 11.1 Å². The molecule has 0 fully saturated rings. The zero-order valence-electron chi connectivity index (χ0n) is 15.6. The van der Waals surface area contributed by atoms with Crippen molar-refractivity contribution in [2.75, 3.05) is 18.8 Å². The summed E-state index contributed by atoms with van der Waals surface area (Å²) in [6.45, 7) is 2.49. The largest absolute Gasteiger partial charge is 0.480 e. The highest BCUT2D eigenvalue weighted by Crippen LogP contribution is 2.30. The fraction of sp³-hybridized carbons (Fsp3) is 0.286. The van der Waals surface area contributed by atoms with Crippen LogP contribution in [0, 0.1) is 6.92 Å². The van der Waals surface area contributed by atoms with Crippen molar-refractivity contribution in [2.45, 2.75) is 20.0 Å². The Bertz CT molecular complexity index is 1030. The van der Waals surface area contributed by atoms with Crippen molar-refractivity contribution in [1.29, 1.82) is 0 Å². The summed E-state index contributed by atoms with van der Waals surface area (Å²) in [7, 11) is -3.78. The van der Waals surface area contributed by atoms with E-state index in [0.29, 0.717) is 6.42 Å². The molecule has 2 N–H and O–H groups in total. The van der Waals surface area contributed by atoms with E-state index in [9.17, 15) is 18.3 Å². The molecule has 7 heteroatoms. The minimum atomic E-state index is -3.78. The lowest BCUT2D eigenvalue weighted by molar-refractivity contribution is -0.134. The van der Waals surface area contributed by atoms with Crippen molar-refractivity contribution in [3.05, 3.63) is 65.2 Å². The van der Waals surface area contributed by atoms with Crippen LogP contribution in [0.3, 0.4) is 0 Å². The van der Waals surface area contributed by atoms with E-state index in [1.54, 1.807) is 0 Å². The zero-order chi connectivity index (χ0) is 20.3. The Balaban J connectivity index is 1.80. The second kappa shape index (κ2) is 8.26. The van der Waals surface area contributed by atoms with Gasteiger partial charge in [0, 0.05) is 13.1 Å². The van der Waals surface area contributed by atoms with E-state index in [1.807, 2.05) is 49.4 Å². The summed E-state index contributed by atoms with van der Waals surface area (Å²) in [6.07, 6.45) is 2.39. The van der Waals surface area contributed by atoms with Gasteiger partial charge in [0.2, 0.25) is 10.0 Å². The second-order valence-electron chi connectivity index (χ2n) is 6.88. The zero-order valence-corrected chi connectivity index (χ0v) is 16.4. The molecule has 2 aromatic carbocycles. The van der Waals surface area contributed by atoms with Crippen molar-refractivity contribution < 1.29 is 23.4 Å². The van der Waals surface area contributed by atoms with E-state index in [0.717, 1.165) is 33.4 Å². The molecule has 0 saturated heterocycles. The van der Waals surface area contributed by atoms with E-state index in [2.05, 4.69) is 6.07 Å². The van der Waals surface area contributed by atoms with Gasteiger partial charge in [0.15, 0.2) is 5.75 Å². The number of aliphatic hydroxyl groups is 1. The number of aryl methyl sites for hydroxylation is 1. The van der Waals surface area contributed by atoms with E-state index in [-0.39, 0.29) is 19.7 Å². The Kier molecular flexibility index (Phi) is 5.98. The van der Waals surface area contributed by atoms with E-state index in [4.69, 9.17) is 5.11 Å². The van der Waals surface area contributed by atoms with Crippen LogP contribution in [0.25, 0.3) is 16.7 Å². The van der Waals surface area contributed by atoms with Gasteiger partial charge in [0.1, 0.15) is 0 Å². The molecule has 148 valence electrons. The van der Waals surface area contributed by atoms with Gasteiger partial charge < -0.3 is 10.2 Å². The smallest absolute Gasteiger partial charge is 0.320 e. The first kappa shape index (κ1) is 20.3. The predicted molar refractivity (Wildman–Crippen MR) is 108 cm³/mol. The number of carbonyl (C=O) groups is 1. The normalized spacial score (nSPS) is 15.3. The molecule has 0 radical (unpaired) electrons. The number of rotatable bonds is 6. The van der Waals surface area contributed by atoms with Gasteiger partial charge >= 0.3 is 5.97 Å². The molecule has 0 aromatic heterocycles. The molecule has 0 bridgehead atoms. The van der Waals surface area contributed by atoms with Crippen LogP contribution in [-0.4, -0.2) is 47.7 Å². The van der Waals surface area contributed by atoms with Crippen molar-refractivity contribution in [2.24, 2.45) is 0 Å². The van der Waals surface area contributed by atoms with E-state index in [1.165, 1.54) is 4.31 Å². The lowest BCUT2D eigenvalue weighted by Gasteiger charge is -2.25. The summed E-state index contributed by atoms with van der Waals surface area (Å²) in [4.78, 5) is 10.7. The van der Waals surface area contributed by atoms with Gasteiger partial charge in [0.05, 0.1) is 6.61 Å². The quantitative estimate of drug-likeness (QED) is 0.776. The van der Waals surface area contributed by atoms with E-state index < -0.39 is 21.7 Å². The van der Waals surface area contributed by atoms with Crippen LogP contribution >= 0.6 is 0 Å². The lowest BCUT2D eigenvalue weighted by Crippen LogP contribution is -2.38. The van der Waals surface area contributed by atoms with Gasteiger partial charge in [-0.05, 0) is 52.8 Å². The summed E-state index contributed by atoms with van der Waals surface area (Å²) in [5.41, 5.74) is 6.17. The average Bonchev–Trinajstić information content (AvgIpc) is 2.67. The molecule has 0 saturated carbocycles. The molecule has 28 heavy (non-hydrogen) atoms. The Morgan fingerprint density at radius 2 is 1.93 bits per heavy atom. The van der Waals surface area contributed by atoms with Crippen molar-refractivity contribution in [3.63, 3.8) is 0 Å². The number of nitrogens with zero attached hydrogens (tertiary/aromatic N) is 1. The first-order valence-corrected chi connectivity index (χ1v) is 10.6. The number of sulfonamides is 1. The summed E-state index contributed by atoms with van der Waals surface area (Å²) < 4.78 is 25.3. The molecular formula is C21H23NO5S. The summed E-state index contributed by atoms with van der Waals surface area (Å²) in [5.74, 6) is -2.22.